The van der Waals surface area contributed by atoms with Crippen molar-refractivity contribution >= 4 is 17.3 Å². The molecule has 3 nitrogen and oxygen atoms in total. The zero-order valence-corrected chi connectivity index (χ0v) is 10.5. The van der Waals surface area contributed by atoms with E-state index in [0.717, 1.165) is 6.07 Å². The molecular weight excluding hydrogens is 300 g/mol. The summed E-state index contributed by atoms with van der Waals surface area (Å²) in [6.45, 7) is 0. The molecule has 1 aromatic carbocycles. The third-order valence-corrected chi connectivity index (χ3v) is 2.59. The normalized spacial score (nSPS) is 11.4. The summed E-state index contributed by atoms with van der Waals surface area (Å²) in [5.74, 6) is -0.958. The van der Waals surface area contributed by atoms with Gasteiger partial charge in [-0.25, -0.2) is 9.37 Å². The van der Waals surface area contributed by atoms with Crippen LogP contribution in [0.3, 0.4) is 0 Å². The highest BCUT2D eigenvalue weighted by Crippen LogP contribution is 2.34. The van der Waals surface area contributed by atoms with Gasteiger partial charge < -0.3 is 10.5 Å². The number of nitrogens with zero attached hydrogens (tertiary/aromatic N) is 1. The van der Waals surface area contributed by atoms with E-state index >= 15 is 0 Å². The van der Waals surface area contributed by atoms with Crippen molar-refractivity contribution in [1.82, 2.24) is 4.98 Å². The first-order chi connectivity index (χ1) is 9.27. The molecule has 0 saturated heterocycles. The van der Waals surface area contributed by atoms with E-state index in [0.29, 0.717) is 12.3 Å². The van der Waals surface area contributed by atoms with E-state index in [1.807, 2.05) is 0 Å². The highest BCUT2D eigenvalue weighted by Gasteiger charge is 2.31. The number of hydrogen-bond donors (Lipinski definition) is 1. The van der Waals surface area contributed by atoms with E-state index in [9.17, 15) is 17.6 Å². The van der Waals surface area contributed by atoms with Crippen LogP contribution in [0.4, 0.5) is 23.2 Å². The van der Waals surface area contributed by atoms with E-state index in [4.69, 9.17) is 22.1 Å². The summed E-state index contributed by atoms with van der Waals surface area (Å²) >= 11 is 5.65. The Morgan fingerprint density at radius 1 is 1.20 bits per heavy atom. The molecule has 106 valence electrons. The molecule has 0 amide bonds. The van der Waals surface area contributed by atoms with Gasteiger partial charge in [-0.2, -0.15) is 13.2 Å². The molecule has 1 aromatic heterocycles. The molecule has 2 aromatic rings. The number of nitrogens with two attached hydrogens (primary N) is 1. The van der Waals surface area contributed by atoms with Crippen LogP contribution in [0.2, 0.25) is 5.02 Å². The van der Waals surface area contributed by atoms with Crippen LogP contribution in [0, 0.1) is 5.82 Å². The Morgan fingerprint density at radius 3 is 2.45 bits per heavy atom. The standard InChI is InChI=1S/C12H7ClF4N2O/c13-8-3-6(12(15,16)17)5-19-11(8)20-7-1-2-10(18)9(14)4-7/h1-5H,18H2. The number of hydrogen-bond acceptors (Lipinski definition) is 3. The molecule has 20 heavy (non-hydrogen) atoms. The maximum atomic E-state index is 13.2. The lowest BCUT2D eigenvalue weighted by atomic mass is 10.3. The Morgan fingerprint density at radius 2 is 1.90 bits per heavy atom. The van der Waals surface area contributed by atoms with Crippen LogP contribution in [0.5, 0.6) is 11.6 Å². The summed E-state index contributed by atoms with van der Waals surface area (Å²) in [6.07, 6.45) is -3.97. The minimum absolute atomic E-state index is 0.0193. The molecule has 2 N–H and O–H groups in total. The summed E-state index contributed by atoms with van der Waals surface area (Å²) in [7, 11) is 0. The van der Waals surface area contributed by atoms with Crippen LogP contribution in [-0.4, -0.2) is 4.98 Å². The number of benzene rings is 1. The molecular formula is C12H7ClF4N2O. The first-order valence-corrected chi connectivity index (χ1v) is 5.61. The summed E-state index contributed by atoms with van der Waals surface area (Å²) in [5.41, 5.74) is 4.20. The first-order valence-electron chi connectivity index (χ1n) is 5.23. The number of anilines is 1. The summed E-state index contributed by atoms with van der Waals surface area (Å²) in [6, 6.07) is 4.25. The highest BCUT2D eigenvalue weighted by molar-refractivity contribution is 6.31. The number of aromatic nitrogens is 1. The molecule has 0 spiro atoms. The predicted molar refractivity (Wildman–Crippen MR) is 65.1 cm³/mol. The molecule has 0 saturated carbocycles. The van der Waals surface area contributed by atoms with E-state index < -0.39 is 17.6 Å². The maximum absolute atomic E-state index is 13.2. The third-order valence-electron chi connectivity index (χ3n) is 2.32. The number of alkyl halides is 3. The van der Waals surface area contributed by atoms with E-state index in [2.05, 4.69) is 4.98 Å². The molecule has 0 bridgehead atoms. The van der Waals surface area contributed by atoms with Crippen molar-refractivity contribution in [2.45, 2.75) is 6.18 Å². The fourth-order valence-corrected chi connectivity index (χ4v) is 1.54. The Kier molecular flexibility index (Phi) is 3.71. The third kappa shape index (κ3) is 3.11. The van der Waals surface area contributed by atoms with Crippen LogP contribution >= 0.6 is 11.6 Å². The number of rotatable bonds is 2. The van der Waals surface area contributed by atoms with Crippen LogP contribution in [0.1, 0.15) is 5.56 Å². The van der Waals surface area contributed by atoms with Crippen molar-refractivity contribution in [1.29, 1.82) is 0 Å². The largest absolute Gasteiger partial charge is 0.437 e. The van der Waals surface area contributed by atoms with E-state index in [-0.39, 0.29) is 22.3 Å². The van der Waals surface area contributed by atoms with Gasteiger partial charge in [-0.05, 0) is 18.2 Å². The zero-order chi connectivity index (χ0) is 14.9. The van der Waals surface area contributed by atoms with Gasteiger partial charge in [-0.15, -0.1) is 0 Å². The monoisotopic (exact) mass is 306 g/mol. The molecule has 0 fully saturated rings. The van der Waals surface area contributed by atoms with Crippen molar-refractivity contribution in [3.63, 3.8) is 0 Å². The van der Waals surface area contributed by atoms with Crippen LogP contribution in [0.25, 0.3) is 0 Å². The van der Waals surface area contributed by atoms with Crippen molar-refractivity contribution in [3.05, 3.63) is 46.9 Å². The molecule has 0 radical (unpaired) electrons. The Labute approximate surface area is 115 Å². The van der Waals surface area contributed by atoms with Gasteiger partial charge in [0.25, 0.3) is 0 Å². The fourth-order valence-electron chi connectivity index (χ4n) is 1.34. The molecule has 0 aliphatic rings. The summed E-state index contributed by atoms with van der Waals surface area (Å²) < 4.78 is 55.6. The van der Waals surface area contributed by atoms with Crippen molar-refractivity contribution in [2.24, 2.45) is 0 Å². The van der Waals surface area contributed by atoms with Gasteiger partial charge in [0, 0.05) is 12.3 Å². The fraction of sp³-hybridized carbons (Fsp3) is 0.0833. The van der Waals surface area contributed by atoms with Gasteiger partial charge in [-0.1, -0.05) is 11.6 Å². The lowest BCUT2D eigenvalue weighted by molar-refractivity contribution is -0.137. The molecule has 8 heteroatoms. The van der Waals surface area contributed by atoms with Gasteiger partial charge in [-0.3, -0.25) is 0 Å². The lowest BCUT2D eigenvalue weighted by Gasteiger charge is -2.10. The van der Waals surface area contributed by atoms with Crippen LogP contribution in [-0.2, 0) is 6.18 Å². The second kappa shape index (κ2) is 5.16. The number of nitrogen functional groups attached to an aromatic ring is 1. The van der Waals surface area contributed by atoms with Crippen molar-refractivity contribution in [3.8, 4) is 11.6 Å². The minimum atomic E-state index is -4.55. The Bertz CT molecular complexity index is 646. The van der Waals surface area contributed by atoms with Gasteiger partial charge in [0.15, 0.2) is 0 Å². The van der Waals surface area contributed by atoms with Gasteiger partial charge in [0.2, 0.25) is 5.88 Å². The SMILES string of the molecule is Nc1ccc(Oc2ncc(C(F)(F)F)cc2Cl)cc1F. The Balaban J connectivity index is 2.28. The maximum Gasteiger partial charge on any atom is 0.417 e. The van der Waals surface area contributed by atoms with Gasteiger partial charge in [0.05, 0.1) is 11.3 Å². The van der Waals surface area contributed by atoms with Gasteiger partial charge >= 0.3 is 6.18 Å². The van der Waals surface area contributed by atoms with Crippen molar-refractivity contribution in [2.75, 3.05) is 5.73 Å². The molecule has 1 heterocycles. The van der Waals surface area contributed by atoms with Crippen LogP contribution in [0.15, 0.2) is 30.5 Å². The first kappa shape index (κ1) is 14.4. The lowest BCUT2D eigenvalue weighted by Crippen LogP contribution is -2.05. The molecule has 0 aliphatic carbocycles. The Hall–Kier alpha value is -2.02. The van der Waals surface area contributed by atoms with Gasteiger partial charge in [0.1, 0.15) is 16.6 Å². The number of ether oxygens (including phenoxy) is 1. The summed E-state index contributed by atoms with van der Waals surface area (Å²) in [5, 5.41) is -0.336. The average molecular weight is 307 g/mol. The number of halogens is 5. The van der Waals surface area contributed by atoms with E-state index in [1.165, 1.54) is 12.1 Å². The average Bonchev–Trinajstić information content (AvgIpc) is 2.35. The molecule has 0 unspecified atom stereocenters. The van der Waals surface area contributed by atoms with Crippen LogP contribution < -0.4 is 10.5 Å². The topological polar surface area (TPSA) is 48.1 Å². The second-order valence-electron chi connectivity index (χ2n) is 3.79. The highest BCUT2D eigenvalue weighted by atomic mass is 35.5. The predicted octanol–water partition coefficient (Wildman–Crippen LogP) is 4.27. The molecule has 2 rings (SSSR count). The quantitative estimate of drug-likeness (QED) is 0.666. The smallest absolute Gasteiger partial charge is 0.417 e. The molecule has 0 aliphatic heterocycles. The zero-order valence-electron chi connectivity index (χ0n) is 9.71. The van der Waals surface area contributed by atoms with E-state index in [1.54, 1.807) is 0 Å². The number of pyridine rings is 1. The van der Waals surface area contributed by atoms with Crippen molar-refractivity contribution < 1.29 is 22.3 Å². The minimum Gasteiger partial charge on any atom is -0.437 e. The summed E-state index contributed by atoms with van der Waals surface area (Å²) in [4.78, 5) is 3.46. The second-order valence-corrected chi connectivity index (χ2v) is 4.20. The molecule has 0 atom stereocenters.